The van der Waals surface area contributed by atoms with Gasteiger partial charge in [-0.1, -0.05) is 6.92 Å². The number of aromatic nitrogens is 1. The van der Waals surface area contributed by atoms with Crippen molar-refractivity contribution in [1.82, 2.24) is 4.98 Å². The lowest BCUT2D eigenvalue weighted by molar-refractivity contribution is 0.103. The molecule has 3 nitrogen and oxygen atoms in total. The fourth-order valence-electron chi connectivity index (χ4n) is 1.43. The molecular formula is C11H11NO2. The molecule has 0 fully saturated rings. The van der Waals surface area contributed by atoms with Crippen molar-refractivity contribution >= 4 is 5.78 Å². The van der Waals surface area contributed by atoms with Crippen LogP contribution in [-0.4, -0.2) is 10.8 Å². The van der Waals surface area contributed by atoms with Gasteiger partial charge in [-0.3, -0.25) is 4.79 Å². The van der Waals surface area contributed by atoms with E-state index >= 15 is 0 Å². The van der Waals surface area contributed by atoms with Crippen molar-refractivity contribution in [2.75, 3.05) is 0 Å². The summed E-state index contributed by atoms with van der Waals surface area (Å²) in [5.41, 5.74) is 1.25. The van der Waals surface area contributed by atoms with E-state index in [-0.39, 0.29) is 5.78 Å². The predicted octanol–water partition coefficient (Wildman–Crippen LogP) is 2.40. The monoisotopic (exact) mass is 189 g/mol. The van der Waals surface area contributed by atoms with Gasteiger partial charge in [0.05, 0.1) is 17.5 Å². The van der Waals surface area contributed by atoms with E-state index in [4.69, 9.17) is 4.42 Å². The lowest BCUT2D eigenvalue weighted by Crippen LogP contribution is -2.02. The van der Waals surface area contributed by atoms with Gasteiger partial charge in [0.2, 0.25) is 5.78 Å². The summed E-state index contributed by atoms with van der Waals surface area (Å²) in [6.45, 7) is 1.96. The van der Waals surface area contributed by atoms with Crippen molar-refractivity contribution in [3.63, 3.8) is 0 Å². The van der Waals surface area contributed by atoms with Crippen LogP contribution in [0.15, 0.2) is 35.1 Å². The van der Waals surface area contributed by atoms with Gasteiger partial charge in [-0.2, -0.15) is 0 Å². The van der Waals surface area contributed by atoms with E-state index in [9.17, 15) is 4.79 Å². The highest BCUT2D eigenvalue weighted by Crippen LogP contribution is 2.15. The molecule has 0 aromatic carbocycles. The van der Waals surface area contributed by atoms with Crippen LogP contribution < -0.4 is 0 Å². The molecule has 1 N–H and O–H groups in total. The van der Waals surface area contributed by atoms with Gasteiger partial charge in [0.15, 0.2) is 0 Å². The number of aromatic amines is 1. The third kappa shape index (κ3) is 1.37. The zero-order chi connectivity index (χ0) is 9.97. The van der Waals surface area contributed by atoms with Crippen LogP contribution in [-0.2, 0) is 6.42 Å². The maximum Gasteiger partial charge on any atom is 0.212 e. The zero-order valence-corrected chi connectivity index (χ0v) is 7.91. The number of hydrogen-bond acceptors (Lipinski definition) is 2. The second-order valence-corrected chi connectivity index (χ2v) is 3.02. The van der Waals surface area contributed by atoms with Crippen molar-refractivity contribution < 1.29 is 9.21 Å². The molecule has 0 aliphatic rings. The number of furan rings is 1. The van der Waals surface area contributed by atoms with Crippen LogP contribution in [0.5, 0.6) is 0 Å². The van der Waals surface area contributed by atoms with E-state index in [0.29, 0.717) is 11.3 Å². The van der Waals surface area contributed by atoms with E-state index in [1.807, 2.05) is 6.92 Å². The van der Waals surface area contributed by atoms with Crippen LogP contribution in [0, 0.1) is 0 Å². The first-order valence-corrected chi connectivity index (χ1v) is 4.57. The topological polar surface area (TPSA) is 46.0 Å². The normalized spacial score (nSPS) is 10.4. The minimum atomic E-state index is -0.0133. The molecule has 3 heteroatoms. The summed E-state index contributed by atoms with van der Waals surface area (Å²) in [7, 11) is 0. The van der Waals surface area contributed by atoms with E-state index in [1.54, 1.807) is 30.7 Å². The molecule has 14 heavy (non-hydrogen) atoms. The van der Waals surface area contributed by atoms with Crippen molar-refractivity contribution in [3.05, 3.63) is 47.7 Å². The number of aryl methyl sites for hydroxylation is 1. The Labute approximate surface area is 81.7 Å². The van der Waals surface area contributed by atoms with Crippen LogP contribution in [0.1, 0.15) is 28.7 Å². The molecule has 0 aliphatic heterocycles. The van der Waals surface area contributed by atoms with Gasteiger partial charge in [-0.15, -0.1) is 0 Å². The third-order valence-corrected chi connectivity index (χ3v) is 2.15. The highest BCUT2D eigenvalue weighted by molar-refractivity contribution is 6.08. The highest BCUT2D eigenvalue weighted by atomic mass is 16.3. The van der Waals surface area contributed by atoms with Crippen LogP contribution in [0.2, 0.25) is 0 Å². The van der Waals surface area contributed by atoms with Crippen molar-refractivity contribution in [2.24, 2.45) is 0 Å². The molecule has 0 atom stereocenters. The molecule has 2 aromatic heterocycles. The molecular weight excluding hydrogens is 178 g/mol. The molecule has 0 saturated carbocycles. The first kappa shape index (κ1) is 8.81. The number of hydrogen-bond donors (Lipinski definition) is 1. The first-order chi connectivity index (χ1) is 6.83. The Hall–Kier alpha value is -1.77. The molecule has 0 unspecified atom stereocenters. The van der Waals surface area contributed by atoms with E-state index < -0.39 is 0 Å². The summed E-state index contributed by atoms with van der Waals surface area (Å²) < 4.78 is 5.20. The Morgan fingerprint density at radius 1 is 1.50 bits per heavy atom. The van der Waals surface area contributed by atoms with Crippen LogP contribution in [0.25, 0.3) is 0 Å². The third-order valence-electron chi connectivity index (χ3n) is 2.15. The SMILES string of the molecule is CCc1occc1C(=O)c1ccc[nH]1. The molecule has 0 bridgehead atoms. The van der Waals surface area contributed by atoms with Gasteiger partial charge in [0.25, 0.3) is 0 Å². The average Bonchev–Trinajstić information content (AvgIpc) is 2.87. The fraction of sp³-hybridized carbons (Fsp3) is 0.182. The second-order valence-electron chi connectivity index (χ2n) is 3.02. The van der Waals surface area contributed by atoms with Crippen LogP contribution in [0.4, 0.5) is 0 Å². The van der Waals surface area contributed by atoms with E-state index in [1.165, 1.54) is 0 Å². The Kier molecular flexibility index (Phi) is 2.23. The quantitative estimate of drug-likeness (QED) is 0.753. The molecule has 0 radical (unpaired) electrons. The van der Waals surface area contributed by atoms with Gasteiger partial charge >= 0.3 is 0 Å². The Morgan fingerprint density at radius 3 is 3.00 bits per heavy atom. The number of ketones is 1. The molecule has 0 spiro atoms. The number of rotatable bonds is 3. The molecule has 72 valence electrons. The van der Waals surface area contributed by atoms with E-state index in [2.05, 4.69) is 4.98 Å². The maximum absolute atomic E-state index is 11.9. The van der Waals surface area contributed by atoms with Crippen molar-refractivity contribution in [3.8, 4) is 0 Å². The molecule has 0 aliphatic carbocycles. The van der Waals surface area contributed by atoms with Crippen molar-refractivity contribution in [2.45, 2.75) is 13.3 Å². The fourth-order valence-corrected chi connectivity index (χ4v) is 1.43. The summed E-state index contributed by atoms with van der Waals surface area (Å²) in [4.78, 5) is 14.7. The van der Waals surface area contributed by atoms with Gasteiger partial charge in [-0.05, 0) is 18.2 Å². The standard InChI is InChI=1S/C11H11NO2/c1-2-10-8(5-7-14-10)11(13)9-4-3-6-12-9/h3-7,12H,2H2,1H3. The highest BCUT2D eigenvalue weighted by Gasteiger charge is 2.15. The summed E-state index contributed by atoms with van der Waals surface area (Å²) in [6.07, 6.45) is 4.02. The number of H-pyrrole nitrogens is 1. The predicted molar refractivity (Wildman–Crippen MR) is 52.3 cm³/mol. The zero-order valence-electron chi connectivity index (χ0n) is 7.91. The number of nitrogens with one attached hydrogen (secondary N) is 1. The minimum Gasteiger partial charge on any atom is -0.469 e. The second kappa shape index (κ2) is 3.54. The summed E-state index contributed by atoms with van der Waals surface area (Å²) in [5, 5.41) is 0. The molecule has 2 heterocycles. The summed E-state index contributed by atoms with van der Waals surface area (Å²) in [5.74, 6) is 0.727. The lowest BCUT2D eigenvalue weighted by Gasteiger charge is -1.96. The van der Waals surface area contributed by atoms with Gasteiger partial charge in [0, 0.05) is 12.6 Å². The van der Waals surface area contributed by atoms with Gasteiger partial charge < -0.3 is 9.40 Å². The minimum absolute atomic E-state index is 0.0133. The van der Waals surface area contributed by atoms with E-state index in [0.717, 1.165) is 12.2 Å². The lowest BCUT2D eigenvalue weighted by atomic mass is 10.1. The Balaban J connectivity index is 2.36. The molecule has 0 saturated heterocycles. The summed E-state index contributed by atoms with van der Waals surface area (Å²) >= 11 is 0. The smallest absolute Gasteiger partial charge is 0.212 e. The number of carbonyl (C=O) groups excluding carboxylic acids is 1. The molecule has 0 amide bonds. The van der Waals surface area contributed by atoms with Gasteiger partial charge in [0.1, 0.15) is 5.76 Å². The maximum atomic E-state index is 11.9. The largest absolute Gasteiger partial charge is 0.469 e. The summed E-state index contributed by atoms with van der Waals surface area (Å²) in [6, 6.07) is 5.27. The molecule has 2 rings (SSSR count). The van der Waals surface area contributed by atoms with Gasteiger partial charge in [-0.25, -0.2) is 0 Å². The number of carbonyl (C=O) groups is 1. The average molecular weight is 189 g/mol. The van der Waals surface area contributed by atoms with Crippen LogP contribution >= 0.6 is 0 Å². The molecule has 2 aromatic rings. The van der Waals surface area contributed by atoms with Crippen LogP contribution in [0.3, 0.4) is 0 Å². The Morgan fingerprint density at radius 2 is 2.36 bits per heavy atom. The van der Waals surface area contributed by atoms with Crippen molar-refractivity contribution in [1.29, 1.82) is 0 Å². The first-order valence-electron chi connectivity index (χ1n) is 4.57. The Bertz CT molecular complexity index is 426.